The van der Waals surface area contributed by atoms with Gasteiger partial charge in [-0.15, -0.1) is 16.9 Å². The molecule has 5 nitrogen and oxygen atoms in total. The van der Waals surface area contributed by atoms with Crippen molar-refractivity contribution in [3.63, 3.8) is 0 Å². The molecule has 0 saturated heterocycles. The average Bonchev–Trinajstić information content (AvgIpc) is 3.23. The summed E-state index contributed by atoms with van der Waals surface area (Å²) in [6, 6.07) is 7.98. The first kappa shape index (κ1) is 12.0. The molecule has 4 rings (SSSR count). The quantitative estimate of drug-likeness (QED) is 0.921. The fourth-order valence-corrected chi connectivity index (χ4v) is 3.41. The maximum Gasteiger partial charge on any atom is 0.297 e. The molecule has 1 aromatic carbocycles. The normalized spacial score (nSPS) is 17.9. The van der Waals surface area contributed by atoms with Crippen LogP contribution in [-0.4, -0.2) is 33.4 Å². The van der Waals surface area contributed by atoms with Crippen LogP contribution in [0.15, 0.2) is 29.2 Å². The minimum Gasteiger partial charge on any atom is -0.304 e. The summed E-state index contributed by atoms with van der Waals surface area (Å²) in [6.07, 6.45) is 2.29. The zero-order valence-electron chi connectivity index (χ0n) is 10.9. The number of fused-ring (bicyclic) bond motifs is 1. The van der Waals surface area contributed by atoms with Gasteiger partial charge < -0.3 is 4.90 Å². The molecule has 1 aliphatic carbocycles. The van der Waals surface area contributed by atoms with Gasteiger partial charge in [-0.3, -0.25) is 9.89 Å². The second kappa shape index (κ2) is 4.63. The number of anilines is 1. The van der Waals surface area contributed by atoms with E-state index in [0.29, 0.717) is 12.5 Å². The van der Waals surface area contributed by atoms with Crippen LogP contribution in [-0.2, 0) is 0 Å². The van der Waals surface area contributed by atoms with Crippen LogP contribution < -0.4 is 4.90 Å². The molecule has 1 aliphatic heterocycles. The van der Waals surface area contributed by atoms with Gasteiger partial charge in [0.25, 0.3) is 5.91 Å². The molecule has 0 unspecified atom stereocenters. The molecule has 20 heavy (non-hydrogen) atoms. The van der Waals surface area contributed by atoms with E-state index in [9.17, 15) is 4.79 Å². The van der Waals surface area contributed by atoms with E-state index >= 15 is 0 Å². The van der Waals surface area contributed by atoms with Gasteiger partial charge in [0, 0.05) is 23.1 Å². The van der Waals surface area contributed by atoms with Crippen molar-refractivity contribution in [3.8, 4) is 0 Å². The molecule has 2 aromatic rings. The molecule has 1 saturated carbocycles. The highest BCUT2D eigenvalue weighted by Gasteiger charge is 2.30. The molecule has 2 aliphatic rings. The number of para-hydroxylation sites is 1. The number of rotatable bonds is 2. The lowest BCUT2D eigenvalue weighted by molar-refractivity contribution is 0.0978. The molecule has 1 N–H and O–H groups in total. The lowest BCUT2D eigenvalue weighted by Gasteiger charge is -2.27. The van der Waals surface area contributed by atoms with Crippen LogP contribution in [0.2, 0.25) is 0 Å². The number of nitrogens with zero attached hydrogens (tertiary/aromatic N) is 3. The molecular weight excluding hydrogens is 272 g/mol. The smallest absolute Gasteiger partial charge is 0.297 e. The van der Waals surface area contributed by atoms with Gasteiger partial charge in [0.15, 0.2) is 0 Å². The van der Waals surface area contributed by atoms with Crippen LogP contribution >= 0.6 is 11.8 Å². The van der Waals surface area contributed by atoms with Gasteiger partial charge in [-0.2, -0.15) is 0 Å². The number of carbonyl (C=O) groups is 1. The van der Waals surface area contributed by atoms with Crippen LogP contribution in [0.5, 0.6) is 0 Å². The Balaban J connectivity index is 1.65. The van der Waals surface area contributed by atoms with Gasteiger partial charge in [0.2, 0.25) is 5.82 Å². The van der Waals surface area contributed by atoms with Crippen molar-refractivity contribution >= 4 is 23.4 Å². The van der Waals surface area contributed by atoms with E-state index in [1.807, 2.05) is 24.3 Å². The number of carbonyl (C=O) groups excluding carboxylic acids is 1. The number of benzene rings is 1. The van der Waals surface area contributed by atoms with Gasteiger partial charge in [-0.25, -0.2) is 4.98 Å². The van der Waals surface area contributed by atoms with Crippen molar-refractivity contribution < 1.29 is 4.79 Å². The lowest BCUT2D eigenvalue weighted by atomic mass is 10.2. The first-order valence-corrected chi connectivity index (χ1v) is 7.77. The van der Waals surface area contributed by atoms with Crippen LogP contribution in [0, 0.1) is 0 Å². The fourth-order valence-electron chi connectivity index (χ4n) is 2.41. The Morgan fingerprint density at radius 2 is 2.20 bits per heavy atom. The highest BCUT2D eigenvalue weighted by atomic mass is 32.2. The molecule has 1 amide bonds. The van der Waals surface area contributed by atoms with Crippen molar-refractivity contribution in [1.82, 2.24) is 15.2 Å². The number of aromatic amines is 1. The van der Waals surface area contributed by atoms with E-state index < -0.39 is 0 Å². The van der Waals surface area contributed by atoms with Crippen LogP contribution in [0.3, 0.4) is 0 Å². The molecule has 1 aromatic heterocycles. The van der Waals surface area contributed by atoms with E-state index in [-0.39, 0.29) is 11.7 Å². The number of thioether (sulfide) groups is 1. The third kappa shape index (κ3) is 2.00. The van der Waals surface area contributed by atoms with E-state index in [0.717, 1.165) is 35.0 Å². The Morgan fingerprint density at radius 1 is 1.35 bits per heavy atom. The Labute approximate surface area is 120 Å². The van der Waals surface area contributed by atoms with Crippen LogP contribution in [0.4, 0.5) is 5.69 Å². The van der Waals surface area contributed by atoms with Gasteiger partial charge in [-0.05, 0) is 25.0 Å². The summed E-state index contributed by atoms with van der Waals surface area (Å²) in [5.74, 6) is 2.42. The Bertz CT molecular complexity index is 665. The minimum atomic E-state index is -0.110. The summed E-state index contributed by atoms with van der Waals surface area (Å²) < 4.78 is 0. The summed E-state index contributed by atoms with van der Waals surface area (Å²) >= 11 is 1.78. The molecule has 0 spiro atoms. The topological polar surface area (TPSA) is 61.9 Å². The number of aromatic nitrogens is 3. The summed E-state index contributed by atoms with van der Waals surface area (Å²) in [6.45, 7) is 0.702. The highest BCUT2D eigenvalue weighted by Crippen LogP contribution is 2.38. The lowest BCUT2D eigenvalue weighted by Crippen LogP contribution is -2.36. The molecule has 1 fully saturated rings. The van der Waals surface area contributed by atoms with Crippen molar-refractivity contribution in [3.05, 3.63) is 35.9 Å². The minimum absolute atomic E-state index is 0.110. The van der Waals surface area contributed by atoms with Crippen molar-refractivity contribution in [1.29, 1.82) is 0 Å². The number of hydrogen-bond donors (Lipinski definition) is 1. The Morgan fingerprint density at radius 3 is 3.05 bits per heavy atom. The molecule has 0 atom stereocenters. The summed E-state index contributed by atoms with van der Waals surface area (Å²) in [7, 11) is 0. The number of amides is 1. The van der Waals surface area contributed by atoms with Crippen molar-refractivity contribution in [2.75, 3.05) is 17.2 Å². The summed E-state index contributed by atoms with van der Waals surface area (Å²) in [5, 5.41) is 6.99. The molecular formula is C14H14N4OS. The Kier molecular flexibility index (Phi) is 2.77. The zero-order valence-corrected chi connectivity index (χ0v) is 11.7. The van der Waals surface area contributed by atoms with Crippen LogP contribution in [0.1, 0.15) is 35.2 Å². The number of hydrogen-bond acceptors (Lipinski definition) is 4. The standard InChI is InChI=1S/C14H14N4OS/c19-14(13-15-12(16-17-13)9-5-6-9)18-7-8-20-11-4-2-1-3-10(11)18/h1-4,9H,5-8H2,(H,15,16,17). The maximum atomic E-state index is 12.6. The van der Waals surface area contributed by atoms with E-state index in [2.05, 4.69) is 15.2 Å². The molecule has 0 radical (unpaired) electrons. The molecule has 6 heteroatoms. The molecule has 2 heterocycles. The molecule has 0 bridgehead atoms. The Hall–Kier alpha value is -1.82. The second-order valence-electron chi connectivity index (χ2n) is 5.09. The van der Waals surface area contributed by atoms with Gasteiger partial charge >= 0.3 is 0 Å². The SMILES string of the molecule is O=C(c1n[nH]c(C2CC2)n1)N1CCSc2ccccc21. The average molecular weight is 286 g/mol. The predicted octanol–water partition coefficient (Wildman–Crippen LogP) is 2.43. The largest absolute Gasteiger partial charge is 0.304 e. The number of H-pyrrole nitrogens is 1. The first-order chi connectivity index (χ1) is 9.83. The van der Waals surface area contributed by atoms with Crippen LogP contribution in [0.25, 0.3) is 0 Å². The molecule has 102 valence electrons. The van der Waals surface area contributed by atoms with Gasteiger partial charge in [0.05, 0.1) is 5.69 Å². The van der Waals surface area contributed by atoms with E-state index in [1.165, 1.54) is 0 Å². The monoisotopic (exact) mass is 286 g/mol. The van der Waals surface area contributed by atoms with Gasteiger partial charge in [0.1, 0.15) is 5.82 Å². The van der Waals surface area contributed by atoms with E-state index in [4.69, 9.17) is 0 Å². The third-order valence-corrected chi connectivity index (χ3v) is 4.67. The van der Waals surface area contributed by atoms with E-state index in [1.54, 1.807) is 16.7 Å². The van der Waals surface area contributed by atoms with Crippen molar-refractivity contribution in [2.45, 2.75) is 23.7 Å². The highest BCUT2D eigenvalue weighted by molar-refractivity contribution is 7.99. The number of nitrogens with one attached hydrogen (secondary N) is 1. The van der Waals surface area contributed by atoms with Gasteiger partial charge in [-0.1, -0.05) is 12.1 Å². The predicted molar refractivity (Wildman–Crippen MR) is 77.2 cm³/mol. The third-order valence-electron chi connectivity index (χ3n) is 3.63. The fraction of sp³-hybridized carbons (Fsp3) is 0.357. The zero-order chi connectivity index (χ0) is 13.5. The summed E-state index contributed by atoms with van der Waals surface area (Å²) in [4.78, 5) is 19.9. The van der Waals surface area contributed by atoms with Crippen molar-refractivity contribution in [2.24, 2.45) is 0 Å². The maximum absolute atomic E-state index is 12.6. The first-order valence-electron chi connectivity index (χ1n) is 6.79. The summed E-state index contributed by atoms with van der Waals surface area (Å²) in [5.41, 5.74) is 0.964. The second-order valence-corrected chi connectivity index (χ2v) is 6.23.